The molecule has 0 aliphatic carbocycles. The Morgan fingerprint density at radius 1 is 1.14 bits per heavy atom. The van der Waals surface area contributed by atoms with Crippen molar-refractivity contribution in [1.29, 1.82) is 0 Å². The van der Waals surface area contributed by atoms with Crippen LogP contribution in [-0.2, 0) is 10.0 Å². The van der Waals surface area contributed by atoms with Gasteiger partial charge in [-0.2, -0.15) is 0 Å². The number of benzene rings is 1. The van der Waals surface area contributed by atoms with Gasteiger partial charge in [-0.05, 0) is 24.3 Å². The van der Waals surface area contributed by atoms with Crippen molar-refractivity contribution in [1.82, 2.24) is 4.31 Å². The van der Waals surface area contributed by atoms with E-state index < -0.39 is 10.0 Å². The lowest BCUT2D eigenvalue weighted by atomic mass is 10.3. The molecule has 0 saturated heterocycles. The highest BCUT2D eigenvalue weighted by Crippen LogP contribution is 2.14. The number of nitrogens with two attached hydrogens (primary N) is 1. The van der Waals surface area contributed by atoms with Crippen LogP contribution in [0.5, 0.6) is 0 Å². The summed E-state index contributed by atoms with van der Waals surface area (Å²) in [5, 5.41) is 0. The fourth-order valence-corrected chi connectivity index (χ4v) is 1.75. The Labute approximate surface area is 94.5 Å². The van der Waals surface area contributed by atoms with Gasteiger partial charge in [-0.25, -0.2) is 12.7 Å². The van der Waals surface area contributed by atoms with E-state index in [2.05, 4.69) is 0 Å². The van der Waals surface area contributed by atoms with Crippen molar-refractivity contribution in [3.05, 3.63) is 24.3 Å². The van der Waals surface area contributed by atoms with Crippen molar-refractivity contribution < 1.29 is 8.42 Å². The van der Waals surface area contributed by atoms with Crippen LogP contribution in [0.25, 0.3) is 0 Å². The minimum Gasteiger partial charge on any atom is -0.399 e. The quantitative estimate of drug-likeness (QED) is 0.826. The molecule has 0 amide bonds. The highest BCUT2D eigenvalue weighted by molar-refractivity contribution is 8.93. The number of hydrogen-bond donors (Lipinski definition) is 1. The van der Waals surface area contributed by atoms with Crippen molar-refractivity contribution in [3.8, 4) is 0 Å². The van der Waals surface area contributed by atoms with Gasteiger partial charge in [-0.15, -0.1) is 17.0 Å². The molecule has 0 aromatic heterocycles. The van der Waals surface area contributed by atoms with E-state index in [1.54, 1.807) is 12.1 Å². The zero-order chi connectivity index (χ0) is 10.1. The molecule has 2 N–H and O–H groups in total. The van der Waals surface area contributed by atoms with Gasteiger partial charge in [0.05, 0.1) is 4.90 Å². The second kappa shape index (κ2) is 4.77. The smallest absolute Gasteiger partial charge is 0.242 e. The first kappa shape index (κ1) is 13.4. The minimum atomic E-state index is -3.32. The van der Waals surface area contributed by atoms with Crippen LogP contribution >= 0.6 is 17.0 Å². The number of anilines is 1. The van der Waals surface area contributed by atoms with Crippen LogP contribution in [-0.4, -0.2) is 26.8 Å². The zero-order valence-corrected chi connectivity index (χ0v) is 10.5. The molecular weight excluding hydrogens is 268 g/mol. The number of nitrogens with zero attached hydrogens (tertiary/aromatic N) is 1. The van der Waals surface area contributed by atoms with Crippen LogP contribution in [0.2, 0.25) is 0 Å². The molecule has 0 atom stereocenters. The molecule has 0 heterocycles. The van der Waals surface area contributed by atoms with Crippen molar-refractivity contribution >= 4 is 32.7 Å². The van der Waals surface area contributed by atoms with Gasteiger partial charge in [0.15, 0.2) is 0 Å². The molecule has 14 heavy (non-hydrogen) atoms. The standard InChI is InChI=1S/C8H12N2O2S.BrH/c1-10(2)13(11,12)8-5-3-7(9)4-6-8;/h3-6H,9H2,1-2H3;1H. The third-order valence-corrected chi connectivity index (χ3v) is 3.49. The molecule has 4 nitrogen and oxygen atoms in total. The summed E-state index contributed by atoms with van der Waals surface area (Å²) in [5.41, 5.74) is 5.99. The van der Waals surface area contributed by atoms with Gasteiger partial charge >= 0.3 is 0 Å². The Balaban J connectivity index is 0.00000169. The second-order valence-electron chi connectivity index (χ2n) is 2.86. The third-order valence-electron chi connectivity index (χ3n) is 1.66. The van der Waals surface area contributed by atoms with Gasteiger partial charge in [0.2, 0.25) is 10.0 Å². The fraction of sp³-hybridized carbons (Fsp3) is 0.250. The summed E-state index contributed by atoms with van der Waals surface area (Å²) < 4.78 is 24.2. The molecule has 0 radical (unpaired) electrons. The predicted molar refractivity (Wildman–Crippen MR) is 62.0 cm³/mol. The van der Waals surface area contributed by atoms with E-state index in [1.165, 1.54) is 30.5 Å². The van der Waals surface area contributed by atoms with Gasteiger partial charge in [-0.1, -0.05) is 0 Å². The lowest BCUT2D eigenvalue weighted by Gasteiger charge is -2.10. The first-order valence-electron chi connectivity index (χ1n) is 3.72. The Hall–Kier alpha value is -0.590. The SMILES string of the molecule is Br.CN(C)S(=O)(=O)c1ccc(N)cc1. The van der Waals surface area contributed by atoms with Crippen LogP contribution in [0.4, 0.5) is 5.69 Å². The summed E-state index contributed by atoms with van der Waals surface area (Å²) in [6.07, 6.45) is 0. The van der Waals surface area contributed by atoms with Crippen molar-refractivity contribution in [2.24, 2.45) is 0 Å². The highest BCUT2D eigenvalue weighted by Gasteiger charge is 2.15. The van der Waals surface area contributed by atoms with E-state index >= 15 is 0 Å². The molecule has 0 spiro atoms. The van der Waals surface area contributed by atoms with Crippen LogP contribution in [0.3, 0.4) is 0 Å². The zero-order valence-electron chi connectivity index (χ0n) is 7.97. The average Bonchev–Trinajstić information content (AvgIpc) is 2.04. The Morgan fingerprint density at radius 2 is 1.57 bits per heavy atom. The van der Waals surface area contributed by atoms with Crippen molar-refractivity contribution in [3.63, 3.8) is 0 Å². The lowest BCUT2D eigenvalue weighted by Crippen LogP contribution is -2.22. The van der Waals surface area contributed by atoms with Gasteiger partial charge in [0, 0.05) is 19.8 Å². The Bertz CT molecular complexity index is 386. The molecule has 0 unspecified atom stereocenters. The average molecular weight is 281 g/mol. The van der Waals surface area contributed by atoms with Crippen LogP contribution < -0.4 is 5.73 Å². The van der Waals surface area contributed by atoms with E-state index in [4.69, 9.17) is 5.73 Å². The summed E-state index contributed by atoms with van der Waals surface area (Å²) in [4.78, 5) is 0.256. The van der Waals surface area contributed by atoms with E-state index in [0.29, 0.717) is 5.69 Å². The van der Waals surface area contributed by atoms with Crippen LogP contribution in [0.15, 0.2) is 29.2 Å². The molecule has 0 fully saturated rings. The van der Waals surface area contributed by atoms with E-state index in [1.807, 2.05) is 0 Å². The minimum absolute atomic E-state index is 0. The predicted octanol–water partition coefficient (Wildman–Crippen LogP) is 1.10. The molecule has 0 bridgehead atoms. The monoisotopic (exact) mass is 280 g/mol. The third kappa shape index (κ3) is 2.70. The summed E-state index contributed by atoms with van der Waals surface area (Å²) in [6, 6.07) is 6.11. The van der Waals surface area contributed by atoms with Crippen molar-refractivity contribution in [2.75, 3.05) is 19.8 Å². The van der Waals surface area contributed by atoms with E-state index in [-0.39, 0.29) is 21.9 Å². The molecular formula is C8H13BrN2O2S. The number of sulfonamides is 1. The van der Waals surface area contributed by atoms with Gasteiger partial charge in [-0.3, -0.25) is 0 Å². The number of rotatable bonds is 2. The summed E-state index contributed by atoms with van der Waals surface area (Å²) in [7, 11) is -0.332. The van der Waals surface area contributed by atoms with E-state index in [9.17, 15) is 8.42 Å². The normalized spacial score (nSPS) is 11.1. The molecule has 1 aromatic rings. The summed E-state index contributed by atoms with van der Waals surface area (Å²) in [5.74, 6) is 0. The molecule has 80 valence electrons. The molecule has 1 rings (SSSR count). The topological polar surface area (TPSA) is 63.4 Å². The number of hydrogen-bond acceptors (Lipinski definition) is 3. The maximum absolute atomic E-state index is 11.5. The Kier molecular flexibility index (Phi) is 4.57. The molecule has 0 aliphatic rings. The van der Waals surface area contributed by atoms with Crippen LogP contribution in [0.1, 0.15) is 0 Å². The lowest BCUT2D eigenvalue weighted by molar-refractivity contribution is 0.521. The number of nitrogen functional groups attached to an aromatic ring is 1. The highest BCUT2D eigenvalue weighted by atomic mass is 79.9. The first-order valence-corrected chi connectivity index (χ1v) is 5.16. The van der Waals surface area contributed by atoms with Gasteiger partial charge in [0.1, 0.15) is 0 Å². The molecule has 6 heteroatoms. The van der Waals surface area contributed by atoms with Crippen molar-refractivity contribution in [2.45, 2.75) is 4.90 Å². The van der Waals surface area contributed by atoms with Crippen LogP contribution in [0, 0.1) is 0 Å². The van der Waals surface area contributed by atoms with Gasteiger partial charge < -0.3 is 5.73 Å². The largest absolute Gasteiger partial charge is 0.399 e. The maximum Gasteiger partial charge on any atom is 0.242 e. The summed E-state index contributed by atoms with van der Waals surface area (Å²) in [6.45, 7) is 0. The molecule has 0 aliphatic heterocycles. The van der Waals surface area contributed by atoms with Gasteiger partial charge in [0.25, 0.3) is 0 Å². The second-order valence-corrected chi connectivity index (χ2v) is 5.01. The molecule has 1 aromatic carbocycles. The maximum atomic E-state index is 11.5. The Morgan fingerprint density at radius 3 is 1.93 bits per heavy atom. The summed E-state index contributed by atoms with van der Waals surface area (Å²) >= 11 is 0. The first-order chi connectivity index (χ1) is 5.94. The van der Waals surface area contributed by atoms with E-state index in [0.717, 1.165) is 0 Å². The fourth-order valence-electron chi connectivity index (χ4n) is 0.851. The number of halogens is 1. The molecule has 0 saturated carbocycles.